The molecule has 0 radical (unpaired) electrons. The number of ketones is 1. The van der Waals surface area contributed by atoms with Crippen molar-refractivity contribution < 1.29 is 171 Å². The summed E-state index contributed by atoms with van der Waals surface area (Å²) in [5, 5.41) is 143. The zero-order chi connectivity index (χ0) is 111. The van der Waals surface area contributed by atoms with Crippen LogP contribution in [-0.4, -0.2) is 433 Å². The van der Waals surface area contributed by atoms with Crippen LogP contribution in [0.15, 0.2) is 30.3 Å². The number of hydrogen-bond donors (Lipinski definition) is 25. The first-order chi connectivity index (χ1) is 68.6. The SMILES string of the molecule is CC[C@H](C)[C@@H]([C@@H](CC(=O)N1CCC[C@H]1[C@H](OC)[C@@H](C)C(=O)N[C@@H](Cc1ccccc1)C(=O)NCCCOC(=O)C(C)NC(=O)CC(NC(=O)CCNC(=O)OCC(NC(=O)CNC(=O)CNC(=O)CNC(=O)CNC(=O)CCNC(=O)CCOCC(C)(C)C)C(=O)NC(CCC(=O)CC[C@H](O)[C@@H](O)[C@H](O)[C@H](O)CO)C(=O)NC[C@H](O)[C@@H](O)[C@H](O)[C@H](O)CO)C(=O)O)OC)N(C)C(=O)C(NC(=O)[C@H](C(C)C)N(C)C)C(C)C. The number of nitrogens with zero attached hydrogens (tertiary/aromatic N) is 3. The lowest BCUT2D eigenvalue weighted by Gasteiger charge is -2.41. The van der Waals surface area contributed by atoms with E-state index >= 15 is 0 Å². The topological polar surface area (TPSA) is 771 Å². The van der Waals surface area contributed by atoms with Crippen LogP contribution < -0.4 is 74.4 Å². The maximum absolute atomic E-state index is 14.7. The van der Waals surface area contributed by atoms with E-state index in [4.69, 9.17) is 28.8 Å². The summed E-state index contributed by atoms with van der Waals surface area (Å²) in [6.45, 7) is 12.4. The van der Waals surface area contributed by atoms with Gasteiger partial charge in [-0.25, -0.2) is 14.4 Å². The molecule has 830 valence electrons. The average Bonchev–Trinajstić information content (AvgIpc) is 1.64. The zero-order valence-corrected chi connectivity index (χ0v) is 86.2. The molecule has 0 bridgehead atoms. The van der Waals surface area contributed by atoms with Gasteiger partial charge in [0.1, 0.15) is 85.3 Å². The predicted octanol–water partition coefficient (Wildman–Crippen LogP) is -8.50. The third kappa shape index (κ3) is 48.9. The largest absolute Gasteiger partial charge is 0.480 e. The van der Waals surface area contributed by atoms with Crippen LogP contribution in [0.4, 0.5) is 4.79 Å². The second-order valence-electron chi connectivity index (χ2n) is 38.0. The molecule has 1 aromatic carbocycles. The molecule has 52 nitrogen and oxygen atoms in total. The van der Waals surface area contributed by atoms with E-state index in [2.05, 4.69) is 74.4 Å². The van der Waals surface area contributed by atoms with Crippen molar-refractivity contribution in [2.24, 2.45) is 29.1 Å². The van der Waals surface area contributed by atoms with Crippen molar-refractivity contribution >= 4 is 112 Å². The molecule has 52 heteroatoms. The first kappa shape index (κ1) is 131. The van der Waals surface area contributed by atoms with Crippen LogP contribution in [0, 0.1) is 29.1 Å². The van der Waals surface area contributed by atoms with Gasteiger partial charge in [0.05, 0.1) is 121 Å². The van der Waals surface area contributed by atoms with Crippen molar-refractivity contribution in [3.05, 3.63) is 35.9 Å². The van der Waals surface area contributed by atoms with E-state index < -0.39 is 308 Å². The molecular formula is C94H159N17O35. The smallest absolute Gasteiger partial charge is 0.407 e. The van der Waals surface area contributed by atoms with Gasteiger partial charge >= 0.3 is 18.0 Å². The van der Waals surface area contributed by atoms with Crippen molar-refractivity contribution in [2.45, 2.75) is 281 Å². The number of ether oxygens (including phenoxy) is 5. The molecule has 1 heterocycles. The lowest BCUT2D eigenvalue weighted by molar-refractivity contribution is -0.148. The van der Waals surface area contributed by atoms with Gasteiger partial charge in [0, 0.05) is 92.5 Å². The monoisotopic (exact) mass is 2090 g/mol. The number of aliphatic hydroxyl groups is 10. The number of aliphatic hydroxyl groups excluding tert-OH is 10. The van der Waals surface area contributed by atoms with Gasteiger partial charge in [0.25, 0.3) is 0 Å². The Morgan fingerprint density at radius 1 is 0.500 bits per heavy atom. The number of esters is 1. The molecule has 1 aliphatic heterocycles. The Labute approximate surface area is 849 Å². The molecule has 0 aromatic heterocycles. The van der Waals surface area contributed by atoms with Gasteiger partial charge in [-0.15, -0.1) is 0 Å². The van der Waals surface area contributed by atoms with E-state index in [9.17, 15) is 142 Å². The molecule has 2 rings (SSSR count). The Morgan fingerprint density at radius 3 is 1.58 bits per heavy atom. The van der Waals surface area contributed by atoms with E-state index in [1.165, 1.54) is 21.1 Å². The number of aliphatic carboxylic acids is 1. The number of methoxy groups -OCH3 is 2. The molecule has 25 N–H and O–H groups in total. The highest BCUT2D eigenvalue weighted by Gasteiger charge is 2.45. The lowest BCUT2D eigenvalue weighted by Crippen LogP contribution is -2.59. The van der Waals surface area contributed by atoms with E-state index in [0.29, 0.717) is 38.0 Å². The van der Waals surface area contributed by atoms with Crippen molar-refractivity contribution in [3.63, 3.8) is 0 Å². The van der Waals surface area contributed by atoms with E-state index in [-0.39, 0.29) is 105 Å². The summed E-state index contributed by atoms with van der Waals surface area (Å²) in [7, 11) is 8.15. The fourth-order valence-corrected chi connectivity index (χ4v) is 15.4. The number of nitrogens with one attached hydrogen (secondary N) is 14. The standard InChI is InChI=1S/C94H159N17O35/c1-17-53(6)79(110(14)90(137)77(51(2)3)108-89(136)78(52(4)5)109(12)13)67(142-15)41-76(127)111-36-21-25-62(111)84(143-16)54(7)85(132)107-59(39-56-23-19-18-20-24-56)87(134)96-33-22-37-145-92(140)55(8)103-71(122)40-60(91(138)139)104-70(121)31-35-97-93(141)146-49-61(105-75(126)46-101-74(125)45-100-73(124)44-99-72(123)43-98-68(119)30-34-95-69(120)32-38-144-50-94(9,10)11)88(135)106-58(86(133)102-42-64(116)81(129)83(131)66(118)48-113)28-26-57(114)27-29-63(115)80(128)82(130)65(117)47-112/h18-20,23-24,51-55,58-67,77-84,112-113,115-118,128-131H,17,21-22,25-50H2,1-16H3,(H,95,120)(H,96,134)(H,97,141)(H,98,119)(H,99,123)(H,100,124)(H,101,125)(H,102,133)(H,103,122)(H,104,121)(H,105,126)(H,106,135)(H,107,132)(H,108,136)(H,138,139)/t53-,54+,55?,58?,59-,60?,61?,62-,63-,64-,65+,66+,67+,77?,78-,79-,80+,81+,82+,83+,84+/m0/s1. The van der Waals surface area contributed by atoms with Gasteiger partial charge in [0.15, 0.2) is 0 Å². The average molecular weight is 2090 g/mol. The zero-order valence-electron chi connectivity index (χ0n) is 86.2. The number of hydrogen-bond acceptors (Lipinski definition) is 35. The molecule has 146 heavy (non-hydrogen) atoms. The molecule has 1 saturated heterocycles. The van der Waals surface area contributed by atoms with E-state index in [1.54, 1.807) is 73.1 Å². The molecule has 16 amide bonds. The highest BCUT2D eigenvalue weighted by atomic mass is 16.6. The van der Waals surface area contributed by atoms with Crippen molar-refractivity contribution in [3.8, 4) is 0 Å². The van der Waals surface area contributed by atoms with Gasteiger partial charge < -0.3 is 164 Å². The summed E-state index contributed by atoms with van der Waals surface area (Å²) in [5.74, 6) is -17.1. The molecule has 1 fully saturated rings. The first-order valence-corrected chi connectivity index (χ1v) is 48.6. The molecule has 1 aromatic rings. The summed E-state index contributed by atoms with van der Waals surface area (Å²) in [5.41, 5.74) is 0.577. The Bertz CT molecular complexity index is 4320. The quantitative estimate of drug-likeness (QED) is 0.0213. The second kappa shape index (κ2) is 68.2. The van der Waals surface area contributed by atoms with Crippen LogP contribution in [0.25, 0.3) is 0 Å². The van der Waals surface area contributed by atoms with Crippen LogP contribution in [-0.2, 0) is 116 Å². The maximum atomic E-state index is 14.7. The maximum Gasteiger partial charge on any atom is 0.407 e. The Balaban J connectivity index is 2.21. The van der Waals surface area contributed by atoms with E-state index in [1.807, 2.05) is 62.3 Å². The van der Waals surface area contributed by atoms with Crippen LogP contribution in [0.3, 0.4) is 0 Å². The van der Waals surface area contributed by atoms with Gasteiger partial charge in [0.2, 0.25) is 88.6 Å². The number of likely N-dealkylation sites (tertiary alicyclic amines) is 1. The molecule has 1 aliphatic rings. The normalized spacial score (nSPS) is 16.7. The van der Waals surface area contributed by atoms with Crippen molar-refractivity contribution in [1.82, 2.24) is 89.1 Å². The minimum absolute atomic E-state index is 0.00387. The highest BCUT2D eigenvalue weighted by molar-refractivity contribution is 5.96. The van der Waals surface area contributed by atoms with E-state index in [0.717, 1.165) is 0 Å². The number of amides is 16. The molecule has 0 spiro atoms. The van der Waals surface area contributed by atoms with Gasteiger partial charge in [-0.2, -0.15) is 0 Å². The minimum atomic E-state index is -2.24. The number of Topliss-reactive ketones (excluding diaryl/α,β-unsaturated/α-hetero) is 1. The minimum Gasteiger partial charge on any atom is -0.480 e. The third-order valence-corrected chi connectivity index (χ3v) is 23.8. The Kier molecular flexibility index (Phi) is 61.0. The number of likely N-dealkylation sites (N-methyl/N-ethyl adjacent to an activating group) is 2. The Morgan fingerprint density at radius 2 is 1.03 bits per heavy atom. The van der Waals surface area contributed by atoms with Gasteiger partial charge in [-0.1, -0.05) is 106 Å². The molecule has 0 saturated carbocycles. The fraction of sp³-hybridized carbons (Fsp3) is 0.734. The third-order valence-electron chi connectivity index (χ3n) is 23.8. The number of carboxylic acids is 1. The van der Waals surface area contributed by atoms with Crippen LogP contribution in [0.5, 0.6) is 0 Å². The molecule has 0 aliphatic carbocycles. The second-order valence-corrected chi connectivity index (χ2v) is 38.0. The summed E-state index contributed by atoms with van der Waals surface area (Å²) in [6, 6.07) is -2.42. The predicted molar refractivity (Wildman–Crippen MR) is 519 cm³/mol. The first-order valence-electron chi connectivity index (χ1n) is 48.6. The van der Waals surface area contributed by atoms with Crippen LogP contribution in [0.1, 0.15) is 165 Å². The number of alkyl carbamates (subject to hydrolysis) is 1. The summed E-state index contributed by atoms with van der Waals surface area (Å²) in [6.07, 6.45) is -22.6. The number of rotatable bonds is 71. The van der Waals surface area contributed by atoms with Crippen molar-refractivity contribution in [1.29, 1.82) is 0 Å². The Hall–Kier alpha value is -11.4. The number of benzene rings is 1. The molecule has 5 unspecified atom stereocenters. The summed E-state index contributed by atoms with van der Waals surface area (Å²) >= 11 is 0. The van der Waals surface area contributed by atoms with Crippen molar-refractivity contribution in [2.75, 3.05) is 134 Å². The number of carbonyl (C=O) groups is 19. The number of carboxylic acid groups (broad SMARTS) is 1. The van der Waals surface area contributed by atoms with Gasteiger partial charge in [-0.3, -0.25) is 81.6 Å². The highest BCUT2D eigenvalue weighted by Crippen LogP contribution is 2.31. The van der Waals surface area contributed by atoms with Gasteiger partial charge in [-0.05, 0) is 81.9 Å². The summed E-state index contributed by atoms with van der Waals surface area (Å²) < 4.78 is 28.0. The fourth-order valence-electron chi connectivity index (χ4n) is 15.4. The molecule has 21 atom stereocenters. The molecular weight excluding hydrogens is 1930 g/mol. The van der Waals surface area contributed by atoms with Crippen LogP contribution >= 0.6 is 0 Å². The van der Waals surface area contributed by atoms with Crippen LogP contribution in [0.2, 0.25) is 0 Å². The number of carbonyl (C=O) groups excluding carboxylic acids is 18. The summed E-state index contributed by atoms with van der Waals surface area (Å²) in [4.78, 5) is 258. The lowest BCUT2D eigenvalue weighted by atomic mass is 9.89.